The normalized spacial score (nSPS) is 12.5. The van der Waals surface area contributed by atoms with Crippen LogP contribution in [0.2, 0.25) is 0 Å². The summed E-state index contributed by atoms with van der Waals surface area (Å²) < 4.78 is 1.95. The molecule has 1 amide bonds. The smallest absolute Gasteiger partial charge is 0.224 e. The number of carbonyl (C=O) groups excluding carboxylic acids is 1. The summed E-state index contributed by atoms with van der Waals surface area (Å²) in [5.74, 6) is 0.0131. The maximum Gasteiger partial charge on any atom is 0.224 e. The Morgan fingerprint density at radius 1 is 1.30 bits per heavy atom. The second-order valence-electron chi connectivity index (χ2n) is 5.25. The minimum absolute atomic E-state index is 0. The molecule has 0 saturated carbocycles. The van der Waals surface area contributed by atoms with E-state index in [0.29, 0.717) is 6.54 Å². The van der Waals surface area contributed by atoms with E-state index in [-0.39, 0.29) is 42.7 Å². The second kappa shape index (κ2) is 10.3. The number of benzene rings is 1. The van der Waals surface area contributed by atoms with Crippen LogP contribution in [0.3, 0.4) is 0 Å². The average molecular weight is 359 g/mol. The van der Waals surface area contributed by atoms with Gasteiger partial charge in [-0.3, -0.25) is 4.79 Å². The van der Waals surface area contributed by atoms with Gasteiger partial charge in [-0.1, -0.05) is 19.1 Å². The molecule has 0 aliphatic rings. The molecule has 0 bridgehead atoms. The predicted octanol–water partition coefficient (Wildman–Crippen LogP) is 2.75. The molecule has 23 heavy (non-hydrogen) atoms. The van der Waals surface area contributed by atoms with Gasteiger partial charge in [-0.2, -0.15) is 0 Å². The SMILES string of the molecule is CNCC(C)C(=O)NC(C)c1cccc(-n2ccnc2)c1.Cl.Cl. The van der Waals surface area contributed by atoms with Crippen molar-refractivity contribution in [1.29, 1.82) is 0 Å². The summed E-state index contributed by atoms with van der Waals surface area (Å²) in [5.41, 5.74) is 2.11. The van der Waals surface area contributed by atoms with Gasteiger partial charge < -0.3 is 15.2 Å². The molecule has 1 aromatic heterocycles. The van der Waals surface area contributed by atoms with E-state index in [0.717, 1.165) is 11.3 Å². The number of amides is 1. The number of hydrogen-bond acceptors (Lipinski definition) is 3. The van der Waals surface area contributed by atoms with Crippen LogP contribution in [0.25, 0.3) is 5.69 Å². The zero-order valence-electron chi connectivity index (χ0n) is 13.5. The van der Waals surface area contributed by atoms with E-state index in [1.54, 1.807) is 12.5 Å². The molecule has 1 aromatic carbocycles. The monoisotopic (exact) mass is 358 g/mol. The Morgan fingerprint density at radius 2 is 2.04 bits per heavy atom. The van der Waals surface area contributed by atoms with Crippen LogP contribution in [0.15, 0.2) is 43.0 Å². The third-order valence-corrected chi connectivity index (χ3v) is 3.49. The van der Waals surface area contributed by atoms with Gasteiger partial charge in [0.25, 0.3) is 0 Å². The van der Waals surface area contributed by atoms with Gasteiger partial charge in [-0.15, -0.1) is 24.8 Å². The Bertz CT molecular complexity index is 590. The number of halogens is 2. The fraction of sp³-hybridized carbons (Fsp3) is 0.375. The van der Waals surface area contributed by atoms with Crippen LogP contribution in [-0.2, 0) is 4.79 Å². The van der Waals surface area contributed by atoms with Crippen molar-refractivity contribution in [1.82, 2.24) is 20.2 Å². The van der Waals surface area contributed by atoms with Gasteiger partial charge >= 0.3 is 0 Å². The van der Waals surface area contributed by atoms with Crippen molar-refractivity contribution >= 4 is 30.7 Å². The van der Waals surface area contributed by atoms with Crippen molar-refractivity contribution in [3.63, 3.8) is 0 Å². The van der Waals surface area contributed by atoms with Crippen LogP contribution in [-0.4, -0.2) is 29.1 Å². The minimum Gasteiger partial charge on any atom is -0.349 e. The summed E-state index contributed by atoms with van der Waals surface area (Å²) in [6.45, 7) is 4.59. The highest BCUT2D eigenvalue weighted by molar-refractivity contribution is 5.85. The fourth-order valence-electron chi connectivity index (χ4n) is 2.20. The number of aromatic nitrogens is 2. The van der Waals surface area contributed by atoms with Crippen molar-refractivity contribution < 1.29 is 4.79 Å². The van der Waals surface area contributed by atoms with E-state index < -0.39 is 0 Å². The third-order valence-electron chi connectivity index (χ3n) is 3.49. The Labute approximate surface area is 149 Å². The third kappa shape index (κ3) is 5.86. The molecule has 0 saturated heterocycles. The van der Waals surface area contributed by atoms with Gasteiger partial charge in [0.2, 0.25) is 5.91 Å². The highest BCUT2D eigenvalue weighted by Gasteiger charge is 2.15. The van der Waals surface area contributed by atoms with Crippen molar-refractivity contribution in [2.24, 2.45) is 5.92 Å². The molecular formula is C16H24Cl2N4O. The van der Waals surface area contributed by atoms with Gasteiger partial charge in [0.05, 0.1) is 12.4 Å². The molecule has 2 atom stereocenters. The van der Waals surface area contributed by atoms with E-state index in [1.165, 1.54) is 0 Å². The first-order chi connectivity index (χ1) is 10.1. The lowest BCUT2D eigenvalue weighted by molar-refractivity contribution is -0.125. The van der Waals surface area contributed by atoms with Gasteiger partial charge in [0, 0.05) is 30.5 Å². The molecular weight excluding hydrogens is 335 g/mol. The van der Waals surface area contributed by atoms with Crippen LogP contribution in [0.5, 0.6) is 0 Å². The van der Waals surface area contributed by atoms with Crippen molar-refractivity contribution in [3.8, 4) is 5.69 Å². The number of nitrogens with zero attached hydrogens (tertiary/aromatic N) is 2. The van der Waals surface area contributed by atoms with Crippen molar-refractivity contribution in [2.45, 2.75) is 19.9 Å². The molecule has 7 heteroatoms. The summed E-state index contributed by atoms with van der Waals surface area (Å²) in [7, 11) is 1.85. The molecule has 128 valence electrons. The van der Waals surface area contributed by atoms with E-state index in [4.69, 9.17) is 0 Å². The lowest BCUT2D eigenvalue weighted by Crippen LogP contribution is -2.35. The average Bonchev–Trinajstić information content (AvgIpc) is 3.01. The molecule has 0 aliphatic carbocycles. The highest BCUT2D eigenvalue weighted by atomic mass is 35.5. The zero-order valence-corrected chi connectivity index (χ0v) is 15.2. The standard InChI is InChI=1S/C16H22N4O.2ClH/c1-12(10-17-3)16(21)19-13(2)14-5-4-6-15(9-14)20-8-7-18-11-20;;/h4-9,11-13,17H,10H2,1-3H3,(H,19,21);2*1H. The number of imidazole rings is 1. The highest BCUT2D eigenvalue weighted by Crippen LogP contribution is 2.17. The first kappa shape index (κ1) is 21.4. The summed E-state index contributed by atoms with van der Waals surface area (Å²) in [4.78, 5) is 16.1. The Morgan fingerprint density at radius 3 is 2.65 bits per heavy atom. The molecule has 0 spiro atoms. The predicted molar refractivity (Wildman–Crippen MR) is 97.7 cm³/mol. The quantitative estimate of drug-likeness (QED) is 0.834. The van der Waals surface area contributed by atoms with Crippen molar-refractivity contribution in [2.75, 3.05) is 13.6 Å². The lowest BCUT2D eigenvalue weighted by atomic mass is 10.1. The molecule has 0 aliphatic heterocycles. The maximum absolute atomic E-state index is 12.1. The lowest BCUT2D eigenvalue weighted by Gasteiger charge is -2.18. The molecule has 2 aromatic rings. The molecule has 0 fully saturated rings. The zero-order chi connectivity index (χ0) is 15.2. The number of carbonyl (C=O) groups is 1. The van der Waals surface area contributed by atoms with Crippen LogP contribution in [0, 0.1) is 5.92 Å². The van der Waals surface area contributed by atoms with Crippen LogP contribution < -0.4 is 10.6 Å². The van der Waals surface area contributed by atoms with Gasteiger partial charge in [0.15, 0.2) is 0 Å². The van der Waals surface area contributed by atoms with Crippen LogP contribution >= 0.6 is 24.8 Å². The first-order valence-corrected chi connectivity index (χ1v) is 7.15. The van der Waals surface area contributed by atoms with E-state index in [2.05, 4.69) is 21.7 Å². The molecule has 1 heterocycles. The Kier molecular flexibility index (Phi) is 9.56. The van der Waals surface area contributed by atoms with E-state index >= 15 is 0 Å². The summed E-state index contributed by atoms with van der Waals surface area (Å²) in [6.07, 6.45) is 5.41. The number of nitrogens with one attached hydrogen (secondary N) is 2. The van der Waals surface area contributed by atoms with Gasteiger partial charge in [-0.25, -0.2) is 4.98 Å². The van der Waals surface area contributed by atoms with Crippen molar-refractivity contribution in [3.05, 3.63) is 48.5 Å². The summed E-state index contributed by atoms with van der Waals surface area (Å²) >= 11 is 0. The van der Waals surface area contributed by atoms with Crippen LogP contribution in [0.1, 0.15) is 25.5 Å². The summed E-state index contributed by atoms with van der Waals surface area (Å²) in [6, 6.07) is 8.07. The van der Waals surface area contributed by atoms with E-state index in [1.807, 2.05) is 49.9 Å². The fourth-order valence-corrected chi connectivity index (χ4v) is 2.20. The Hall–Kier alpha value is -1.56. The number of hydrogen-bond donors (Lipinski definition) is 2. The van der Waals surface area contributed by atoms with Gasteiger partial charge in [-0.05, 0) is 31.7 Å². The van der Waals surface area contributed by atoms with E-state index in [9.17, 15) is 4.79 Å². The Balaban J connectivity index is 0.00000242. The minimum atomic E-state index is -0.0470. The molecule has 0 radical (unpaired) electrons. The van der Waals surface area contributed by atoms with Gasteiger partial charge in [0.1, 0.15) is 0 Å². The largest absolute Gasteiger partial charge is 0.349 e. The first-order valence-electron chi connectivity index (χ1n) is 7.15. The summed E-state index contributed by atoms with van der Waals surface area (Å²) in [5, 5.41) is 6.07. The molecule has 2 rings (SSSR count). The van der Waals surface area contributed by atoms with Crippen LogP contribution in [0.4, 0.5) is 0 Å². The molecule has 2 N–H and O–H groups in total. The molecule has 5 nitrogen and oxygen atoms in total. The second-order valence-corrected chi connectivity index (χ2v) is 5.25. The number of rotatable bonds is 6. The maximum atomic E-state index is 12.1. The topological polar surface area (TPSA) is 59.0 Å². The molecule has 2 unspecified atom stereocenters.